The second kappa shape index (κ2) is 7.72. The molecule has 0 aliphatic rings. The van der Waals surface area contributed by atoms with Gasteiger partial charge in [0.15, 0.2) is 5.69 Å². The molecule has 1 atom stereocenters. The maximum atomic E-state index is 13.4. The summed E-state index contributed by atoms with van der Waals surface area (Å²) in [5.74, 6) is -0.234. The summed E-state index contributed by atoms with van der Waals surface area (Å²) < 4.78 is 1.30. The number of hydrogen-bond donors (Lipinski definition) is 0. The second-order valence-corrected chi connectivity index (χ2v) is 6.95. The van der Waals surface area contributed by atoms with E-state index in [0.29, 0.717) is 16.5 Å². The van der Waals surface area contributed by atoms with E-state index in [9.17, 15) is 9.59 Å². The average molecular weight is 383 g/mol. The molecule has 0 N–H and O–H groups in total. The maximum absolute atomic E-state index is 13.4. The molecule has 1 amide bonds. The number of carbonyl (C=O) groups excluding carboxylic acids is 1. The van der Waals surface area contributed by atoms with E-state index in [0.717, 1.165) is 5.56 Å². The number of amides is 1. The van der Waals surface area contributed by atoms with Gasteiger partial charge in [0, 0.05) is 12.4 Å². The van der Waals surface area contributed by atoms with Gasteiger partial charge in [-0.25, -0.2) is 0 Å². The number of aromatic nitrogens is 2. The molecule has 0 unspecified atom stereocenters. The highest BCUT2D eigenvalue weighted by molar-refractivity contribution is 6.04. The lowest BCUT2D eigenvalue weighted by molar-refractivity contribution is 0.0737. The Morgan fingerprint density at radius 2 is 1.41 bits per heavy atom. The summed E-state index contributed by atoms with van der Waals surface area (Å²) in [4.78, 5) is 28.1. The van der Waals surface area contributed by atoms with Gasteiger partial charge >= 0.3 is 0 Å². The molecular formula is C24H21N3O2. The molecule has 0 saturated carbocycles. The molecule has 0 fully saturated rings. The van der Waals surface area contributed by atoms with Crippen LogP contribution in [0.4, 0.5) is 0 Å². The van der Waals surface area contributed by atoms with E-state index in [2.05, 4.69) is 5.10 Å². The minimum Gasteiger partial charge on any atom is -0.334 e. The number of para-hydroxylation sites is 1. The largest absolute Gasteiger partial charge is 0.334 e. The molecule has 4 rings (SSSR count). The fourth-order valence-corrected chi connectivity index (χ4v) is 3.39. The van der Waals surface area contributed by atoms with Gasteiger partial charge in [0.05, 0.1) is 17.1 Å². The lowest BCUT2D eigenvalue weighted by atomic mass is 10.1. The highest BCUT2D eigenvalue weighted by Crippen LogP contribution is 2.23. The van der Waals surface area contributed by atoms with Gasteiger partial charge in [-0.05, 0) is 30.7 Å². The molecule has 5 nitrogen and oxygen atoms in total. The Labute approximate surface area is 168 Å². The van der Waals surface area contributed by atoms with Crippen LogP contribution in [0.25, 0.3) is 16.5 Å². The molecule has 29 heavy (non-hydrogen) atoms. The summed E-state index contributed by atoms with van der Waals surface area (Å²) in [5, 5.41) is 5.51. The van der Waals surface area contributed by atoms with Crippen LogP contribution in [0.15, 0.2) is 89.7 Å². The van der Waals surface area contributed by atoms with Crippen molar-refractivity contribution >= 4 is 16.7 Å². The Balaban J connectivity index is 1.86. The molecule has 4 aromatic rings. The Bertz CT molecular complexity index is 1220. The maximum Gasteiger partial charge on any atom is 0.279 e. The van der Waals surface area contributed by atoms with E-state index < -0.39 is 0 Å². The standard InChI is InChI=1S/C24H21N3O2/c1-17(18-11-5-3-6-12-18)26(2)24(29)22-20-15-9-10-16-21(20)23(28)27(25-22)19-13-7-4-8-14-19/h3-17H,1-2H3/t17-/m0/s1. The molecule has 3 aromatic carbocycles. The van der Waals surface area contributed by atoms with Gasteiger partial charge in [-0.2, -0.15) is 9.78 Å². The molecule has 5 heteroatoms. The van der Waals surface area contributed by atoms with Gasteiger partial charge in [0.2, 0.25) is 0 Å². The molecule has 0 aliphatic carbocycles. The first-order valence-corrected chi connectivity index (χ1v) is 9.47. The third-order valence-corrected chi connectivity index (χ3v) is 5.19. The van der Waals surface area contributed by atoms with E-state index in [4.69, 9.17) is 0 Å². The van der Waals surface area contributed by atoms with Crippen molar-refractivity contribution < 1.29 is 4.79 Å². The Hall–Kier alpha value is -3.73. The monoisotopic (exact) mass is 383 g/mol. The Morgan fingerprint density at radius 3 is 2.07 bits per heavy atom. The zero-order valence-corrected chi connectivity index (χ0v) is 16.3. The van der Waals surface area contributed by atoms with Crippen molar-refractivity contribution in [3.8, 4) is 5.69 Å². The van der Waals surface area contributed by atoms with Crippen LogP contribution in [-0.2, 0) is 0 Å². The first kappa shape index (κ1) is 18.6. The smallest absolute Gasteiger partial charge is 0.279 e. The topological polar surface area (TPSA) is 55.2 Å². The van der Waals surface area contributed by atoms with Gasteiger partial charge in [-0.15, -0.1) is 0 Å². The lowest BCUT2D eigenvalue weighted by Gasteiger charge is -2.25. The summed E-state index contributed by atoms with van der Waals surface area (Å²) in [5.41, 5.74) is 1.66. The summed E-state index contributed by atoms with van der Waals surface area (Å²) in [6, 6.07) is 26.0. The third-order valence-electron chi connectivity index (χ3n) is 5.19. The average Bonchev–Trinajstić information content (AvgIpc) is 2.79. The Kier molecular flexibility index (Phi) is 4.96. The molecule has 0 radical (unpaired) electrons. The van der Waals surface area contributed by atoms with Gasteiger partial charge in [-0.3, -0.25) is 9.59 Å². The fraction of sp³-hybridized carbons (Fsp3) is 0.125. The van der Waals surface area contributed by atoms with Crippen LogP contribution >= 0.6 is 0 Å². The van der Waals surface area contributed by atoms with Crippen LogP contribution in [-0.4, -0.2) is 27.6 Å². The zero-order valence-electron chi connectivity index (χ0n) is 16.3. The van der Waals surface area contributed by atoms with Crippen molar-refractivity contribution in [3.05, 3.63) is 107 Å². The number of fused-ring (bicyclic) bond motifs is 1. The van der Waals surface area contributed by atoms with Gasteiger partial charge in [0.1, 0.15) is 0 Å². The van der Waals surface area contributed by atoms with Gasteiger partial charge in [0.25, 0.3) is 11.5 Å². The van der Waals surface area contributed by atoms with Crippen LogP contribution < -0.4 is 5.56 Å². The number of rotatable bonds is 4. The van der Waals surface area contributed by atoms with E-state index in [1.54, 1.807) is 42.3 Å². The lowest BCUT2D eigenvalue weighted by Crippen LogP contribution is -2.33. The highest BCUT2D eigenvalue weighted by atomic mass is 16.2. The quantitative estimate of drug-likeness (QED) is 0.530. The van der Waals surface area contributed by atoms with E-state index in [1.807, 2.05) is 61.5 Å². The van der Waals surface area contributed by atoms with Crippen LogP contribution in [0, 0.1) is 0 Å². The fourth-order valence-electron chi connectivity index (χ4n) is 3.39. The molecule has 1 heterocycles. The van der Waals surface area contributed by atoms with Crippen molar-refractivity contribution in [2.45, 2.75) is 13.0 Å². The summed E-state index contributed by atoms with van der Waals surface area (Å²) >= 11 is 0. The third kappa shape index (κ3) is 3.43. The molecule has 0 bridgehead atoms. The van der Waals surface area contributed by atoms with Crippen LogP contribution in [0.1, 0.15) is 29.0 Å². The zero-order chi connectivity index (χ0) is 20.4. The molecule has 144 valence electrons. The van der Waals surface area contributed by atoms with Crippen molar-refractivity contribution in [2.75, 3.05) is 7.05 Å². The predicted molar refractivity (Wildman–Crippen MR) is 114 cm³/mol. The minimum absolute atomic E-state index is 0.138. The SMILES string of the molecule is C[C@@H](c1ccccc1)N(C)C(=O)c1nn(-c2ccccc2)c(=O)c2ccccc12. The van der Waals surface area contributed by atoms with E-state index in [-0.39, 0.29) is 23.2 Å². The van der Waals surface area contributed by atoms with Crippen molar-refractivity contribution in [1.82, 2.24) is 14.7 Å². The minimum atomic E-state index is -0.248. The molecule has 0 aliphatic heterocycles. The van der Waals surface area contributed by atoms with Crippen LogP contribution in [0.5, 0.6) is 0 Å². The van der Waals surface area contributed by atoms with Gasteiger partial charge in [-0.1, -0.05) is 66.7 Å². The van der Waals surface area contributed by atoms with Gasteiger partial charge < -0.3 is 4.90 Å². The summed E-state index contributed by atoms with van der Waals surface area (Å²) in [6.07, 6.45) is 0. The summed E-state index contributed by atoms with van der Waals surface area (Å²) in [7, 11) is 1.76. The van der Waals surface area contributed by atoms with E-state index in [1.165, 1.54) is 4.68 Å². The summed E-state index contributed by atoms with van der Waals surface area (Å²) in [6.45, 7) is 1.97. The molecular weight excluding hydrogens is 362 g/mol. The number of benzene rings is 3. The highest BCUT2D eigenvalue weighted by Gasteiger charge is 2.24. The molecule has 0 saturated heterocycles. The van der Waals surface area contributed by atoms with Crippen LogP contribution in [0.3, 0.4) is 0 Å². The van der Waals surface area contributed by atoms with E-state index >= 15 is 0 Å². The number of hydrogen-bond acceptors (Lipinski definition) is 3. The first-order chi connectivity index (χ1) is 14.1. The van der Waals surface area contributed by atoms with Crippen molar-refractivity contribution in [3.63, 3.8) is 0 Å². The second-order valence-electron chi connectivity index (χ2n) is 6.95. The van der Waals surface area contributed by atoms with Crippen molar-refractivity contribution in [1.29, 1.82) is 0 Å². The number of carbonyl (C=O) groups is 1. The normalized spacial score (nSPS) is 11.9. The van der Waals surface area contributed by atoms with Crippen LogP contribution in [0.2, 0.25) is 0 Å². The predicted octanol–water partition coefficient (Wildman–Crippen LogP) is 4.22. The number of nitrogens with zero attached hydrogens (tertiary/aromatic N) is 3. The molecule has 1 aromatic heterocycles. The molecule has 0 spiro atoms. The van der Waals surface area contributed by atoms with Crippen molar-refractivity contribution in [2.24, 2.45) is 0 Å². The Morgan fingerprint density at radius 1 is 0.862 bits per heavy atom. The first-order valence-electron chi connectivity index (χ1n) is 9.47.